The second kappa shape index (κ2) is 5.21. The number of aromatic nitrogens is 2. The lowest BCUT2D eigenvalue weighted by molar-refractivity contribution is 0.262. The monoisotopic (exact) mass is 225 g/mol. The topological polar surface area (TPSA) is 49.2 Å². The van der Waals surface area contributed by atoms with E-state index in [1.165, 1.54) is 12.4 Å². The van der Waals surface area contributed by atoms with Gasteiger partial charge in [-0.25, -0.2) is 9.97 Å². The lowest BCUT2D eigenvalue weighted by Gasteiger charge is -2.36. The molecule has 16 heavy (non-hydrogen) atoms. The van der Waals surface area contributed by atoms with Crippen molar-refractivity contribution < 1.29 is 9.50 Å². The Morgan fingerprint density at radius 3 is 3.06 bits per heavy atom. The average Bonchev–Trinajstić information content (AvgIpc) is 2.30. The largest absolute Gasteiger partial charge is 0.396 e. The fourth-order valence-electron chi connectivity index (χ4n) is 2.23. The molecule has 4 nitrogen and oxygen atoms in total. The second-order valence-electron chi connectivity index (χ2n) is 4.05. The smallest absolute Gasteiger partial charge is 0.218 e. The van der Waals surface area contributed by atoms with Gasteiger partial charge >= 0.3 is 0 Å². The first-order chi connectivity index (χ1) is 7.81. The number of piperidine rings is 1. The summed E-state index contributed by atoms with van der Waals surface area (Å²) in [7, 11) is 0. The van der Waals surface area contributed by atoms with Crippen LogP contribution in [-0.4, -0.2) is 34.3 Å². The van der Waals surface area contributed by atoms with Gasteiger partial charge in [0.2, 0.25) is 5.95 Å². The molecule has 1 aliphatic rings. The molecule has 1 aromatic heterocycles. The molecule has 1 unspecified atom stereocenters. The van der Waals surface area contributed by atoms with E-state index in [9.17, 15) is 4.39 Å². The Bertz CT molecular complexity index is 346. The standard InChI is InChI=1S/C11H16FN3O/c12-10-7-11(14-8-13-10)15-5-2-1-3-9(15)4-6-16/h7-9,16H,1-6H2. The molecule has 2 heterocycles. The molecule has 0 aromatic carbocycles. The summed E-state index contributed by atoms with van der Waals surface area (Å²) in [5, 5.41) is 9.00. The molecule has 0 amide bonds. The first kappa shape index (κ1) is 11.3. The van der Waals surface area contributed by atoms with E-state index in [0.29, 0.717) is 12.2 Å². The molecule has 0 saturated carbocycles. The molecule has 2 rings (SSSR count). The molecule has 1 saturated heterocycles. The van der Waals surface area contributed by atoms with Gasteiger partial charge in [-0.05, 0) is 25.7 Å². The molecule has 0 aliphatic carbocycles. The van der Waals surface area contributed by atoms with Crippen molar-refractivity contribution >= 4 is 5.82 Å². The predicted octanol–water partition coefficient (Wildman–Crippen LogP) is 1.36. The number of halogens is 1. The van der Waals surface area contributed by atoms with Crippen LogP contribution in [0.15, 0.2) is 12.4 Å². The van der Waals surface area contributed by atoms with Gasteiger partial charge in [0.1, 0.15) is 12.1 Å². The molecule has 0 spiro atoms. The van der Waals surface area contributed by atoms with Gasteiger partial charge < -0.3 is 10.0 Å². The maximum absolute atomic E-state index is 13.0. The molecule has 1 aromatic rings. The highest BCUT2D eigenvalue weighted by Crippen LogP contribution is 2.24. The number of anilines is 1. The summed E-state index contributed by atoms with van der Waals surface area (Å²) in [5.41, 5.74) is 0. The van der Waals surface area contributed by atoms with Gasteiger partial charge in [0, 0.05) is 25.3 Å². The lowest BCUT2D eigenvalue weighted by atomic mass is 10.00. The van der Waals surface area contributed by atoms with E-state index in [2.05, 4.69) is 14.9 Å². The first-order valence-corrected chi connectivity index (χ1v) is 5.66. The summed E-state index contributed by atoms with van der Waals surface area (Å²) in [4.78, 5) is 9.61. The van der Waals surface area contributed by atoms with E-state index in [-0.39, 0.29) is 12.6 Å². The van der Waals surface area contributed by atoms with Gasteiger partial charge in [-0.3, -0.25) is 0 Å². The number of hydrogen-bond donors (Lipinski definition) is 1. The Morgan fingerprint density at radius 2 is 2.31 bits per heavy atom. The average molecular weight is 225 g/mol. The summed E-state index contributed by atoms with van der Waals surface area (Å²) in [6.45, 7) is 1.04. The van der Waals surface area contributed by atoms with E-state index < -0.39 is 5.95 Å². The predicted molar refractivity (Wildman–Crippen MR) is 58.7 cm³/mol. The van der Waals surface area contributed by atoms with Crippen LogP contribution in [0.5, 0.6) is 0 Å². The molecule has 1 fully saturated rings. The highest BCUT2D eigenvalue weighted by molar-refractivity contribution is 5.38. The normalized spacial score (nSPS) is 21.1. The van der Waals surface area contributed by atoms with E-state index >= 15 is 0 Å². The third kappa shape index (κ3) is 2.47. The quantitative estimate of drug-likeness (QED) is 0.789. The molecular weight excluding hydrogens is 209 g/mol. The summed E-state index contributed by atoms with van der Waals surface area (Å²) in [6, 6.07) is 1.63. The van der Waals surface area contributed by atoms with Crippen LogP contribution in [0.4, 0.5) is 10.2 Å². The minimum absolute atomic E-state index is 0.161. The molecule has 88 valence electrons. The van der Waals surface area contributed by atoms with E-state index in [1.807, 2.05) is 0 Å². The molecule has 1 N–H and O–H groups in total. The minimum Gasteiger partial charge on any atom is -0.396 e. The SMILES string of the molecule is OCCC1CCCCN1c1cc(F)ncn1. The third-order valence-electron chi connectivity index (χ3n) is 3.00. The number of aliphatic hydroxyl groups excluding tert-OH is 1. The van der Waals surface area contributed by atoms with Crippen LogP contribution in [0.3, 0.4) is 0 Å². The first-order valence-electron chi connectivity index (χ1n) is 5.66. The number of hydrogen-bond acceptors (Lipinski definition) is 4. The van der Waals surface area contributed by atoms with Crippen LogP contribution >= 0.6 is 0 Å². The zero-order chi connectivity index (χ0) is 11.4. The van der Waals surface area contributed by atoms with Crippen molar-refractivity contribution in [3.05, 3.63) is 18.3 Å². The zero-order valence-electron chi connectivity index (χ0n) is 9.14. The summed E-state index contributed by atoms with van der Waals surface area (Å²) in [6.07, 6.45) is 5.25. The molecular formula is C11H16FN3O. The van der Waals surface area contributed by atoms with Gasteiger partial charge in [0.25, 0.3) is 0 Å². The van der Waals surface area contributed by atoms with Gasteiger partial charge in [0.05, 0.1) is 0 Å². The number of rotatable bonds is 3. The van der Waals surface area contributed by atoms with Gasteiger partial charge in [-0.1, -0.05) is 0 Å². The van der Waals surface area contributed by atoms with Gasteiger partial charge in [-0.2, -0.15) is 4.39 Å². The van der Waals surface area contributed by atoms with E-state index in [1.54, 1.807) is 0 Å². The van der Waals surface area contributed by atoms with Crippen LogP contribution in [-0.2, 0) is 0 Å². The zero-order valence-corrected chi connectivity index (χ0v) is 9.14. The highest BCUT2D eigenvalue weighted by atomic mass is 19.1. The van der Waals surface area contributed by atoms with Crippen molar-refractivity contribution in [3.63, 3.8) is 0 Å². The fourth-order valence-corrected chi connectivity index (χ4v) is 2.23. The Hall–Kier alpha value is -1.23. The molecule has 1 aliphatic heterocycles. The van der Waals surface area contributed by atoms with Crippen molar-refractivity contribution in [3.8, 4) is 0 Å². The summed E-state index contributed by atoms with van der Waals surface area (Å²) in [5.74, 6) is 0.129. The van der Waals surface area contributed by atoms with Crippen molar-refractivity contribution in [1.29, 1.82) is 0 Å². The van der Waals surface area contributed by atoms with Gasteiger partial charge in [0.15, 0.2) is 0 Å². The van der Waals surface area contributed by atoms with Crippen LogP contribution in [0.1, 0.15) is 25.7 Å². The van der Waals surface area contributed by atoms with E-state index in [4.69, 9.17) is 5.11 Å². The Morgan fingerprint density at radius 1 is 1.44 bits per heavy atom. The molecule has 0 radical (unpaired) electrons. The highest BCUT2D eigenvalue weighted by Gasteiger charge is 2.23. The number of aliphatic hydroxyl groups is 1. The maximum Gasteiger partial charge on any atom is 0.218 e. The van der Waals surface area contributed by atoms with Crippen molar-refractivity contribution in [1.82, 2.24) is 9.97 Å². The van der Waals surface area contributed by atoms with Crippen LogP contribution in [0, 0.1) is 5.95 Å². The van der Waals surface area contributed by atoms with Crippen LogP contribution in [0.25, 0.3) is 0 Å². The van der Waals surface area contributed by atoms with Crippen LogP contribution in [0.2, 0.25) is 0 Å². The summed E-state index contributed by atoms with van der Waals surface area (Å²) < 4.78 is 13.0. The fraction of sp³-hybridized carbons (Fsp3) is 0.636. The maximum atomic E-state index is 13.0. The van der Waals surface area contributed by atoms with Gasteiger partial charge in [-0.15, -0.1) is 0 Å². The van der Waals surface area contributed by atoms with Crippen molar-refractivity contribution in [2.45, 2.75) is 31.7 Å². The third-order valence-corrected chi connectivity index (χ3v) is 3.00. The molecule has 0 bridgehead atoms. The summed E-state index contributed by atoms with van der Waals surface area (Å²) >= 11 is 0. The minimum atomic E-state index is -0.502. The number of nitrogens with zero attached hydrogens (tertiary/aromatic N) is 3. The Kier molecular flexibility index (Phi) is 3.66. The van der Waals surface area contributed by atoms with Crippen LogP contribution < -0.4 is 4.90 Å². The Labute approximate surface area is 94.1 Å². The lowest BCUT2D eigenvalue weighted by Crippen LogP contribution is -2.40. The molecule has 1 atom stereocenters. The second-order valence-corrected chi connectivity index (χ2v) is 4.05. The molecule has 5 heteroatoms. The van der Waals surface area contributed by atoms with Crippen molar-refractivity contribution in [2.75, 3.05) is 18.1 Å². The Balaban J connectivity index is 2.16. The van der Waals surface area contributed by atoms with E-state index in [0.717, 1.165) is 25.8 Å². The van der Waals surface area contributed by atoms with Crippen molar-refractivity contribution in [2.24, 2.45) is 0 Å².